The van der Waals surface area contributed by atoms with Gasteiger partial charge in [-0.25, -0.2) is 4.39 Å². The molecule has 2 aromatic carbocycles. The Labute approximate surface area is 173 Å². The number of rotatable bonds is 6. The van der Waals surface area contributed by atoms with Gasteiger partial charge in [-0.05, 0) is 55.8 Å². The van der Waals surface area contributed by atoms with Crippen molar-refractivity contribution in [1.82, 2.24) is 9.88 Å². The Balaban J connectivity index is 1.84. The molecule has 0 bridgehead atoms. The van der Waals surface area contributed by atoms with Crippen molar-refractivity contribution in [2.45, 2.75) is 20.4 Å². The molecule has 1 aromatic heterocycles. The van der Waals surface area contributed by atoms with E-state index in [2.05, 4.69) is 5.32 Å². The Kier molecular flexibility index (Phi) is 5.68. The number of aromatic nitrogens is 1. The highest BCUT2D eigenvalue weighted by atomic mass is 19.1. The molecule has 0 aliphatic carbocycles. The third-order valence-electron chi connectivity index (χ3n) is 4.91. The van der Waals surface area contributed by atoms with E-state index in [0.29, 0.717) is 22.3 Å². The summed E-state index contributed by atoms with van der Waals surface area (Å²) in [5.74, 6) is -0.893. The minimum atomic E-state index is -0.323. The molecule has 0 radical (unpaired) electrons. The summed E-state index contributed by atoms with van der Waals surface area (Å²) in [5.41, 5.74) is 15.5. The molecule has 0 fully saturated rings. The van der Waals surface area contributed by atoms with Crippen LogP contribution < -0.4 is 16.8 Å². The first-order valence-electron chi connectivity index (χ1n) is 9.24. The quantitative estimate of drug-likeness (QED) is 0.318. The lowest BCUT2D eigenvalue weighted by atomic mass is 10.0. The third-order valence-corrected chi connectivity index (χ3v) is 4.91. The molecule has 1 amide bonds. The van der Waals surface area contributed by atoms with Crippen LogP contribution in [0.4, 0.5) is 4.39 Å². The largest absolute Gasteiger partial charge is 0.384 e. The van der Waals surface area contributed by atoms with Crippen molar-refractivity contribution >= 4 is 17.6 Å². The van der Waals surface area contributed by atoms with Gasteiger partial charge in [0.05, 0.1) is 5.56 Å². The zero-order chi connectivity index (χ0) is 22.0. The van der Waals surface area contributed by atoms with Crippen molar-refractivity contribution in [2.24, 2.45) is 11.5 Å². The fourth-order valence-corrected chi connectivity index (χ4v) is 3.40. The second-order valence-corrected chi connectivity index (χ2v) is 6.98. The van der Waals surface area contributed by atoms with Crippen molar-refractivity contribution in [3.8, 4) is 5.69 Å². The van der Waals surface area contributed by atoms with Gasteiger partial charge in [-0.1, -0.05) is 12.1 Å². The molecule has 1 heterocycles. The molecule has 0 atom stereocenters. The number of benzene rings is 2. The standard InChI is InChI=1S/C22H23FN6O/c1-12-9-18(13(2)29(12)17-7-5-16(23)6-8-17)22(30)28-11-15-4-3-14(20(24)25)10-19(15)21(26)27/h3-10H,11H2,1-2H3,(H3,24,25)(H3,26,27)(H,28,30). The van der Waals surface area contributed by atoms with Gasteiger partial charge in [0.25, 0.3) is 5.91 Å². The summed E-state index contributed by atoms with van der Waals surface area (Å²) < 4.78 is 15.1. The number of halogens is 1. The molecular formula is C22H23FN6O. The molecule has 0 saturated carbocycles. The first-order valence-corrected chi connectivity index (χ1v) is 9.24. The predicted molar refractivity (Wildman–Crippen MR) is 115 cm³/mol. The monoisotopic (exact) mass is 406 g/mol. The number of carbonyl (C=O) groups is 1. The first-order chi connectivity index (χ1) is 14.2. The minimum Gasteiger partial charge on any atom is -0.384 e. The molecule has 0 aliphatic rings. The fraction of sp³-hybridized carbons (Fsp3) is 0.136. The van der Waals surface area contributed by atoms with E-state index in [4.69, 9.17) is 22.3 Å². The molecular weight excluding hydrogens is 383 g/mol. The highest BCUT2D eigenvalue weighted by molar-refractivity contribution is 6.01. The summed E-state index contributed by atoms with van der Waals surface area (Å²) >= 11 is 0. The summed E-state index contributed by atoms with van der Waals surface area (Å²) in [7, 11) is 0. The lowest BCUT2D eigenvalue weighted by Crippen LogP contribution is -2.26. The van der Waals surface area contributed by atoms with Crippen molar-refractivity contribution in [1.29, 1.82) is 10.8 Å². The highest BCUT2D eigenvalue weighted by Gasteiger charge is 2.17. The van der Waals surface area contributed by atoms with E-state index in [1.807, 2.05) is 18.4 Å². The summed E-state index contributed by atoms with van der Waals surface area (Å²) in [6.45, 7) is 3.86. The summed E-state index contributed by atoms with van der Waals surface area (Å²) in [6.07, 6.45) is 0. The number of amidine groups is 2. The summed E-state index contributed by atoms with van der Waals surface area (Å²) in [5, 5.41) is 18.1. The zero-order valence-electron chi connectivity index (χ0n) is 16.7. The Morgan fingerprint density at radius 1 is 1.00 bits per heavy atom. The number of nitrogens with two attached hydrogens (primary N) is 2. The Bertz CT molecular complexity index is 1150. The van der Waals surface area contributed by atoms with Crippen molar-refractivity contribution in [3.63, 3.8) is 0 Å². The van der Waals surface area contributed by atoms with Gasteiger partial charge in [0, 0.05) is 34.7 Å². The Morgan fingerprint density at radius 3 is 2.27 bits per heavy atom. The number of hydrogen-bond acceptors (Lipinski definition) is 3. The number of hydrogen-bond donors (Lipinski definition) is 5. The molecule has 7 N–H and O–H groups in total. The maximum atomic E-state index is 13.2. The van der Waals surface area contributed by atoms with Crippen molar-refractivity contribution in [2.75, 3.05) is 0 Å². The normalized spacial score (nSPS) is 10.6. The minimum absolute atomic E-state index is 0.124. The van der Waals surface area contributed by atoms with E-state index in [-0.39, 0.29) is 29.9 Å². The molecule has 3 aromatic rings. The number of nitrogens with zero attached hydrogens (tertiary/aromatic N) is 1. The van der Waals surface area contributed by atoms with Gasteiger partial charge >= 0.3 is 0 Å². The number of carbonyl (C=O) groups excluding carboxylic acids is 1. The van der Waals surface area contributed by atoms with E-state index >= 15 is 0 Å². The van der Waals surface area contributed by atoms with Crippen LogP contribution in [0.3, 0.4) is 0 Å². The van der Waals surface area contributed by atoms with Gasteiger partial charge in [0.2, 0.25) is 0 Å². The highest BCUT2D eigenvalue weighted by Crippen LogP contribution is 2.21. The number of nitrogens with one attached hydrogen (secondary N) is 3. The maximum absolute atomic E-state index is 13.2. The van der Waals surface area contributed by atoms with Gasteiger partial charge in [0.1, 0.15) is 17.5 Å². The first kappa shape index (κ1) is 20.8. The van der Waals surface area contributed by atoms with Gasteiger partial charge < -0.3 is 21.4 Å². The summed E-state index contributed by atoms with van der Waals surface area (Å²) in [6, 6.07) is 12.8. The number of aryl methyl sites for hydroxylation is 1. The van der Waals surface area contributed by atoms with Crippen LogP contribution in [0.2, 0.25) is 0 Å². The second kappa shape index (κ2) is 8.20. The average molecular weight is 406 g/mol. The third kappa shape index (κ3) is 4.07. The second-order valence-electron chi connectivity index (χ2n) is 6.98. The van der Waals surface area contributed by atoms with E-state index in [0.717, 1.165) is 17.1 Å². The van der Waals surface area contributed by atoms with Crippen LogP contribution in [-0.2, 0) is 6.54 Å². The topological polar surface area (TPSA) is 134 Å². The molecule has 0 unspecified atom stereocenters. The molecule has 30 heavy (non-hydrogen) atoms. The van der Waals surface area contributed by atoms with Crippen LogP contribution in [0, 0.1) is 30.5 Å². The Hall–Kier alpha value is -3.94. The van der Waals surface area contributed by atoms with Gasteiger partial charge in [-0.2, -0.15) is 0 Å². The lowest BCUT2D eigenvalue weighted by Gasteiger charge is -2.12. The van der Waals surface area contributed by atoms with Crippen molar-refractivity contribution in [3.05, 3.63) is 88.0 Å². The predicted octanol–water partition coefficient (Wildman–Crippen LogP) is 2.73. The molecule has 0 spiro atoms. The molecule has 154 valence electrons. The van der Waals surface area contributed by atoms with Crippen LogP contribution in [0.1, 0.15) is 38.4 Å². The van der Waals surface area contributed by atoms with E-state index < -0.39 is 0 Å². The molecule has 7 nitrogen and oxygen atoms in total. The van der Waals surface area contributed by atoms with Gasteiger partial charge in [-0.15, -0.1) is 0 Å². The van der Waals surface area contributed by atoms with Crippen LogP contribution in [0.25, 0.3) is 5.69 Å². The van der Waals surface area contributed by atoms with Gasteiger partial charge in [0.15, 0.2) is 0 Å². The van der Waals surface area contributed by atoms with Crippen LogP contribution in [0.5, 0.6) is 0 Å². The number of amides is 1. The molecule has 3 rings (SSSR count). The maximum Gasteiger partial charge on any atom is 0.253 e. The molecule has 0 aliphatic heterocycles. The van der Waals surface area contributed by atoms with E-state index in [1.54, 1.807) is 36.4 Å². The Morgan fingerprint density at radius 2 is 1.67 bits per heavy atom. The smallest absolute Gasteiger partial charge is 0.253 e. The van der Waals surface area contributed by atoms with Crippen LogP contribution in [-0.4, -0.2) is 22.1 Å². The van der Waals surface area contributed by atoms with E-state index in [1.165, 1.54) is 12.1 Å². The summed E-state index contributed by atoms with van der Waals surface area (Å²) in [4.78, 5) is 12.8. The van der Waals surface area contributed by atoms with Crippen LogP contribution >= 0.6 is 0 Å². The van der Waals surface area contributed by atoms with Crippen LogP contribution in [0.15, 0.2) is 48.5 Å². The fourth-order valence-electron chi connectivity index (χ4n) is 3.40. The average Bonchev–Trinajstić information content (AvgIpc) is 3.00. The molecule has 0 saturated heterocycles. The molecule has 8 heteroatoms. The van der Waals surface area contributed by atoms with Gasteiger partial charge in [-0.3, -0.25) is 15.6 Å². The number of nitrogen functional groups attached to an aromatic ring is 2. The lowest BCUT2D eigenvalue weighted by molar-refractivity contribution is 0.0950. The SMILES string of the molecule is Cc1cc(C(=O)NCc2ccc(C(=N)N)cc2C(=N)N)c(C)n1-c1ccc(F)cc1. The zero-order valence-corrected chi connectivity index (χ0v) is 16.7. The van der Waals surface area contributed by atoms with Crippen molar-refractivity contribution < 1.29 is 9.18 Å². The van der Waals surface area contributed by atoms with E-state index in [9.17, 15) is 9.18 Å².